The number of benzene rings is 1. The minimum absolute atomic E-state index is 0.0511. The summed E-state index contributed by atoms with van der Waals surface area (Å²) < 4.78 is 6.66. The predicted octanol–water partition coefficient (Wildman–Crippen LogP) is 6.97. The molecule has 1 aliphatic rings. The predicted molar refractivity (Wildman–Crippen MR) is 140 cm³/mol. The van der Waals surface area contributed by atoms with Gasteiger partial charge in [-0.15, -0.1) is 0 Å². The third-order valence-electron chi connectivity index (χ3n) is 7.47. The second-order valence-corrected chi connectivity index (χ2v) is 16.6. The highest BCUT2D eigenvalue weighted by Crippen LogP contribution is 2.41. The quantitative estimate of drug-likeness (QED) is 0.215. The summed E-state index contributed by atoms with van der Waals surface area (Å²) in [6.07, 6.45) is 4.03. The Labute approximate surface area is 206 Å². The second-order valence-electron chi connectivity index (χ2n) is 11.9. The lowest BCUT2D eigenvalue weighted by Crippen LogP contribution is -2.47. The van der Waals surface area contributed by atoms with Crippen molar-refractivity contribution in [3.8, 4) is 0 Å². The number of carbonyl (C=O) groups is 1. The van der Waals surface area contributed by atoms with Crippen molar-refractivity contribution >= 4 is 25.7 Å². The number of nitro benzene ring substituents is 1. The summed E-state index contributed by atoms with van der Waals surface area (Å²) in [6.45, 7) is 18.2. The van der Waals surface area contributed by atoms with Crippen molar-refractivity contribution < 1.29 is 19.3 Å². The minimum atomic E-state index is -1.83. The fourth-order valence-electron chi connectivity index (χ4n) is 4.52. The van der Waals surface area contributed by atoms with E-state index in [0.717, 1.165) is 32.2 Å². The van der Waals surface area contributed by atoms with Crippen LogP contribution in [-0.4, -0.2) is 43.0 Å². The summed E-state index contributed by atoms with van der Waals surface area (Å²) in [5.41, 5.74) is 1.39. The first-order valence-corrected chi connectivity index (χ1v) is 15.5. The lowest BCUT2D eigenvalue weighted by Gasteiger charge is -2.43. The van der Waals surface area contributed by atoms with Crippen LogP contribution >= 0.6 is 0 Å². The molecular weight excluding hydrogens is 448 g/mol. The van der Waals surface area contributed by atoms with Crippen molar-refractivity contribution in [3.63, 3.8) is 0 Å². The number of nitrogens with zero attached hydrogens (tertiary/aromatic N) is 2. The first kappa shape index (κ1) is 28.3. The molecule has 8 heteroatoms. The zero-order valence-corrected chi connectivity index (χ0v) is 23.3. The largest absolute Gasteiger partial charge is 0.481 e. The highest BCUT2D eigenvalue weighted by Gasteiger charge is 2.40. The van der Waals surface area contributed by atoms with E-state index in [-0.39, 0.29) is 40.1 Å². The molecule has 1 aromatic rings. The molecular formula is C26H44N2O5Si. The van der Waals surface area contributed by atoms with E-state index in [1.54, 1.807) is 13.0 Å². The molecule has 0 heterocycles. The van der Waals surface area contributed by atoms with Crippen molar-refractivity contribution in [1.82, 2.24) is 0 Å². The Kier molecular flexibility index (Phi) is 9.33. The Balaban J connectivity index is 2.26. The van der Waals surface area contributed by atoms with E-state index in [1.165, 1.54) is 0 Å². The zero-order valence-electron chi connectivity index (χ0n) is 22.3. The first-order chi connectivity index (χ1) is 15.6. The Morgan fingerprint density at radius 2 is 1.79 bits per heavy atom. The number of anilines is 1. The van der Waals surface area contributed by atoms with Crippen LogP contribution in [0.3, 0.4) is 0 Å². The summed E-state index contributed by atoms with van der Waals surface area (Å²) in [4.78, 5) is 25.1. The van der Waals surface area contributed by atoms with E-state index in [9.17, 15) is 14.9 Å². The fourth-order valence-corrected chi connectivity index (χ4v) is 5.94. The van der Waals surface area contributed by atoms with Gasteiger partial charge in [0.1, 0.15) is 5.69 Å². The molecule has 0 aliphatic heterocycles. The number of hydrogen-bond donors (Lipinski definition) is 1. The van der Waals surface area contributed by atoms with Gasteiger partial charge in [-0.2, -0.15) is 0 Å². The summed E-state index contributed by atoms with van der Waals surface area (Å²) >= 11 is 0. The van der Waals surface area contributed by atoms with Crippen LogP contribution in [0.1, 0.15) is 85.1 Å². The number of carboxylic acids is 1. The van der Waals surface area contributed by atoms with Gasteiger partial charge in [0.2, 0.25) is 0 Å². The van der Waals surface area contributed by atoms with Gasteiger partial charge in [-0.05, 0) is 67.3 Å². The molecule has 34 heavy (non-hydrogen) atoms. The molecule has 0 bridgehead atoms. The van der Waals surface area contributed by atoms with Crippen LogP contribution in [0.15, 0.2) is 18.2 Å². The third-order valence-corrected chi connectivity index (χ3v) is 12.0. The lowest BCUT2D eigenvalue weighted by molar-refractivity contribution is -0.384. The molecule has 1 aliphatic carbocycles. The van der Waals surface area contributed by atoms with Crippen molar-refractivity contribution in [2.24, 2.45) is 5.92 Å². The van der Waals surface area contributed by atoms with E-state index in [2.05, 4.69) is 52.6 Å². The molecule has 0 saturated heterocycles. The molecule has 1 atom stereocenters. The summed E-state index contributed by atoms with van der Waals surface area (Å²) in [5.74, 6) is -0.838. The average molecular weight is 493 g/mol. The maximum absolute atomic E-state index is 12.0. The molecule has 0 amide bonds. The summed E-state index contributed by atoms with van der Waals surface area (Å²) in [7, 11) is -1.83. The smallest absolute Gasteiger partial charge is 0.303 e. The van der Waals surface area contributed by atoms with Gasteiger partial charge >= 0.3 is 5.97 Å². The topological polar surface area (TPSA) is 92.9 Å². The standard InChI is InChI=1S/C26H44N2O5Si/c1-18(2)17-27(21-10-12-22(13-11-21)33-34(7,8)26(4,5)6)23-14-9-20(16-24(23)28(31)32)19(3)15-25(29)30/h9,14,16,18-19,21-22H,10-13,15,17H2,1-8H3,(H,29,30)/t19-,21-,22-/m1/s1. The zero-order chi connectivity index (χ0) is 25.8. The molecule has 0 radical (unpaired) electrons. The maximum atomic E-state index is 12.0. The molecule has 192 valence electrons. The van der Waals surface area contributed by atoms with Crippen LogP contribution in [0.25, 0.3) is 0 Å². The van der Waals surface area contributed by atoms with Crippen molar-refractivity contribution in [1.29, 1.82) is 0 Å². The van der Waals surface area contributed by atoms with Crippen LogP contribution in [-0.2, 0) is 9.22 Å². The highest BCUT2D eigenvalue weighted by atomic mass is 28.4. The van der Waals surface area contributed by atoms with Gasteiger partial charge in [-0.1, -0.05) is 47.6 Å². The van der Waals surface area contributed by atoms with Gasteiger partial charge in [-0.25, -0.2) is 0 Å². The van der Waals surface area contributed by atoms with Crippen molar-refractivity contribution in [3.05, 3.63) is 33.9 Å². The van der Waals surface area contributed by atoms with Gasteiger partial charge in [0.15, 0.2) is 8.32 Å². The number of nitro groups is 1. The minimum Gasteiger partial charge on any atom is -0.481 e. The van der Waals surface area contributed by atoms with E-state index in [0.29, 0.717) is 17.2 Å². The number of rotatable bonds is 10. The van der Waals surface area contributed by atoms with E-state index < -0.39 is 14.3 Å². The molecule has 1 saturated carbocycles. The van der Waals surface area contributed by atoms with Crippen molar-refractivity contribution in [2.75, 3.05) is 11.4 Å². The Morgan fingerprint density at radius 1 is 1.21 bits per heavy atom. The SMILES string of the molecule is CC(C)CN(c1ccc([C@H](C)CC(=O)O)cc1[N+](=O)[O-])[C@H]1CC[C@H](O[Si](C)(C)C(C)(C)C)CC1. The van der Waals surface area contributed by atoms with Crippen LogP contribution in [0.5, 0.6) is 0 Å². The van der Waals surface area contributed by atoms with Gasteiger partial charge in [-0.3, -0.25) is 14.9 Å². The van der Waals surface area contributed by atoms with Crippen LogP contribution in [0, 0.1) is 16.0 Å². The second kappa shape index (κ2) is 11.2. The maximum Gasteiger partial charge on any atom is 0.303 e. The van der Waals surface area contributed by atoms with Gasteiger partial charge in [0, 0.05) is 24.8 Å². The number of aliphatic carboxylic acids is 1. The summed E-state index contributed by atoms with van der Waals surface area (Å²) in [6, 6.07) is 5.48. The Hall–Kier alpha value is -1.93. The van der Waals surface area contributed by atoms with E-state index in [4.69, 9.17) is 9.53 Å². The molecule has 1 aromatic carbocycles. The third kappa shape index (κ3) is 7.28. The van der Waals surface area contributed by atoms with Crippen LogP contribution < -0.4 is 4.90 Å². The number of carboxylic acid groups (broad SMARTS) is 1. The van der Waals surface area contributed by atoms with Crippen molar-refractivity contribution in [2.45, 2.75) is 110 Å². The Morgan fingerprint density at radius 3 is 2.26 bits per heavy atom. The first-order valence-electron chi connectivity index (χ1n) is 12.6. The van der Waals surface area contributed by atoms with Crippen LogP contribution in [0.4, 0.5) is 11.4 Å². The van der Waals surface area contributed by atoms with Gasteiger partial charge < -0.3 is 14.4 Å². The monoisotopic (exact) mass is 492 g/mol. The molecule has 1 fully saturated rings. The molecule has 0 unspecified atom stereocenters. The molecule has 0 spiro atoms. The van der Waals surface area contributed by atoms with Crippen LogP contribution in [0.2, 0.25) is 18.1 Å². The Bertz CT molecular complexity index is 857. The molecule has 1 N–H and O–H groups in total. The van der Waals surface area contributed by atoms with E-state index >= 15 is 0 Å². The molecule has 7 nitrogen and oxygen atoms in total. The average Bonchev–Trinajstić information content (AvgIpc) is 2.70. The lowest BCUT2D eigenvalue weighted by atomic mass is 9.90. The van der Waals surface area contributed by atoms with Gasteiger partial charge in [0.25, 0.3) is 5.69 Å². The highest BCUT2D eigenvalue weighted by molar-refractivity contribution is 6.74. The normalized spacial score (nSPS) is 20.3. The number of hydrogen-bond acceptors (Lipinski definition) is 5. The van der Waals surface area contributed by atoms with Gasteiger partial charge in [0.05, 0.1) is 11.3 Å². The fraction of sp³-hybridized carbons (Fsp3) is 0.731. The molecule has 2 rings (SSSR count). The molecule has 0 aromatic heterocycles. The van der Waals surface area contributed by atoms with E-state index in [1.807, 2.05) is 12.1 Å². The summed E-state index contributed by atoms with van der Waals surface area (Å²) in [5, 5.41) is 21.3.